The third-order valence-corrected chi connectivity index (χ3v) is 3.10. The number of carbonyl (C=O) groups is 1. The lowest BCUT2D eigenvalue weighted by molar-refractivity contribution is -0.114. The van der Waals surface area contributed by atoms with Gasteiger partial charge >= 0.3 is 0 Å². The molecule has 0 aromatic rings. The second-order valence-electron chi connectivity index (χ2n) is 4.00. The van der Waals surface area contributed by atoms with E-state index in [-0.39, 0.29) is 5.57 Å². The molecule has 3 heteroatoms. The molecule has 0 aromatic carbocycles. The molecule has 3 atom stereocenters. The highest BCUT2D eigenvalue weighted by atomic mass is 16.1. The number of nitrogens with zero attached hydrogens (tertiary/aromatic N) is 1. The smallest absolute Gasteiger partial charge is 0.259 e. The minimum Gasteiger partial charge on any atom is -0.365 e. The molecule has 1 fully saturated rings. The van der Waals surface area contributed by atoms with Crippen LogP contribution in [0, 0.1) is 29.1 Å². The predicted molar refractivity (Wildman–Crippen MR) is 51.7 cm³/mol. The van der Waals surface area contributed by atoms with Gasteiger partial charge in [-0.25, -0.2) is 0 Å². The van der Waals surface area contributed by atoms with Gasteiger partial charge in [-0.1, -0.05) is 18.2 Å². The second-order valence-corrected chi connectivity index (χ2v) is 4.00. The topological polar surface area (TPSA) is 66.9 Å². The number of amides is 1. The van der Waals surface area contributed by atoms with Crippen molar-refractivity contribution in [2.45, 2.75) is 12.8 Å². The summed E-state index contributed by atoms with van der Waals surface area (Å²) in [7, 11) is 0. The molecule has 3 nitrogen and oxygen atoms in total. The van der Waals surface area contributed by atoms with Crippen molar-refractivity contribution in [3.05, 3.63) is 23.8 Å². The van der Waals surface area contributed by atoms with Crippen molar-refractivity contribution in [2.75, 3.05) is 0 Å². The van der Waals surface area contributed by atoms with Gasteiger partial charge in [0.1, 0.15) is 11.6 Å². The maximum absolute atomic E-state index is 10.8. The van der Waals surface area contributed by atoms with Gasteiger partial charge in [-0.05, 0) is 30.6 Å². The van der Waals surface area contributed by atoms with Gasteiger partial charge in [0.05, 0.1) is 0 Å². The lowest BCUT2D eigenvalue weighted by Gasteiger charge is -2.13. The van der Waals surface area contributed by atoms with Gasteiger partial charge in [0, 0.05) is 0 Å². The number of allylic oxidation sites excluding steroid dienone is 3. The summed E-state index contributed by atoms with van der Waals surface area (Å²) in [5.74, 6) is 0.892. The zero-order valence-electron chi connectivity index (χ0n) is 7.81. The number of fused-ring (bicyclic) bond motifs is 2. The average molecular weight is 188 g/mol. The number of nitrogens with two attached hydrogens (primary N) is 1. The lowest BCUT2D eigenvalue weighted by Crippen LogP contribution is -2.15. The van der Waals surface area contributed by atoms with E-state index >= 15 is 0 Å². The first-order valence-corrected chi connectivity index (χ1v) is 4.80. The monoisotopic (exact) mass is 188 g/mol. The number of carbonyl (C=O) groups excluding carboxylic acids is 1. The molecule has 0 aromatic heterocycles. The first-order valence-electron chi connectivity index (χ1n) is 4.80. The predicted octanol–water partition coefficient (Wildman–Crippen LogP) is 1.13. The van der Waals surface area contributed by atoms with Crippen LogP contribution in [0.2, 0.25) is 0 Å². The van der Waals surface area contributed by atoms with Crippen molar-refractivity contribution >= 4 is 5.91 Å². The van der Waals surface area contributed by atoms with Crippen LogP contribution in [0.4, 0.5) is 0 Å². The van der Waals surface area contributed by atoms with E-state index in [4.69, 9.17) is 11.0 Å². The Labute approximate surface area is 82.9 Å². The van der Waals surface area contributed by atoms with Gasteiger partial charge in [-0.2, -0.15) is 5.26 Å². The van der Waals surface area contributed by atoms with E-state index in [9.17, 15) is 4.79 Å². The highest BCUT2D eigenvalue weighted by Crippen LogP contribution is 2.44. The number of primary amides is 1. The van der Waals surface area contributed by atoms with E-state index in [0.717, 1.165) is 6.42 Å². The van der Waals surface area contributed by atoms with E-state index < -0.39 is 5.91 Å². The Morgan fingerprint density at radius 3 is 2.71 bits per heavy atom. The average Bonchev–Trinajstić information content (AvgIpc) is 2.74. The van der Waals surface area contributed by atoms with Crippen LogP contribution in [0.1, 0.15) is 12.8 Å². The molecule has 14 heavy (non-hydrogen) atoms. The quantitative estimate of drug-likeness (QED) is 0.401. The zero-order chi connectivity index (χ0) is 10.1. The molecular formula is C11H12N2O. The molecule has 2 rings (SSSR count). The molecule has 0 aliphatic heterocycles. The van der Waals surface area contributed by atoms with Gasteiger partial charge in [-0.15, -0.1) is 0 Å². The molecule has 0 radical (unpaired) electrons. The van der Waals surface area contributed by atoms with Crippen molar-refractivity contribution in [3.8, 4) is 6.07 Å². The summed E-state index contributed by atoms with van der Waals surface area (Å²) in [5, 5.41) is 8.69. The largest absolute Gasteiger partial charge is 0.365 e. The summed E-state index contributed by atoms with van der Waals surface area (Å²) in [6, 6.07) is 1.85. The third-order valence-electron chi connectivity index (χ3n) is 3.10. The Balaban J connectivity index is 2.15. The number of rotatable bonds is 2. The Kier molecular flexibility index (Phi) is 2.12. The van der Waals surface area contributed by atoms with Crippen LogP contribution in [0.25, 0.3) is 0 Å². The normalized spacial score (nSPS) is 34.5. The van der Waals surface area contributed by atoms with Gasteiger partial charge in [0.2, 0.25) is 0 Å². The minimum absolute atomic E-state index is 0.107. The summed E-state index contributed by atoms with van der Waals surface area (Å²) >= 11 is 0. The summed E-state index contributed by atoms with van der Waals surface area (Å²) in [4.78, 5) is 10.8. The Bertz CT molecular complexity index is 362. The second kappa shape index (κ2) is 3.30. The van der Waals surface area contributed by atoms with Gasteiger partial charge in [0.15, 0.2) is 0 Å². The first kappa shape index (κ1) is 9.01. The van der Waals surface area contributed by atoms with Crippen molar-refractivity contribution in [2.24, 2.45) is 23.5 Å². The molecule has 0 heterocycles. The number of nitriles is 1. The Morgan fingerprint density at radius 2 is 2.29 bits per heavy atom. The fourth-order valence-electron chi connectivity index (χ4n) is 2.40. The van der Waals surface area contributed by atoms with Gasteiger partial charge in [0.25, 0.3) is 5.91 Å². The molecule has 0 unspecified atom stereocenters. The van der Waals surface area contributed by atoms with Crippen molar-refractivity contribution in [3.63, 3.8) is 0 Å². The van der Waals surface area contributed by atoms with Crippen LogP contribution in [0.3, 0.4) is 0 Å². The summed E-state index contributed by atoms with van der Waals surface area (Å²) in [5.41, 5.74) is 5.18. The Morgan fingerprint density at radius 1 is 1.50 bits per heavy atom. The maximum Gasteiger partial charge on any atom is 0.259 e. The minimum atomic E-state index is -0.612. The van der Waals surface area contributed by atoms with Crippen molar-refractivity contribution in [1.29, 1.82) is 5.26 Å². The molecule has 1 amide bonds. The highest BCUT2D eigenvalue weighted by Gasteiger charge is 2.34. The van der Waals surface area contributed by atoms with Crippen LogP contribution in [-0.2, 0) is 4.79 Å². The molecule has 0 spiro atoms. The molecule has 72 valence electrons. The van der Waals surface area contributed by atoms with E-state index in [0.29, 0.717) is 17.8 Å². The highest BCUT2D eigenvalue weighted by molar-refractivity contribution is 5.95. The van der Waals surface area contributed by atoms with Crippen molar-refractivity contribution in [1.82, 2.24) is 0 Å². The third kappa shape index (κ3) is 1.44. The fourth-order valence-corrected chi connectivity index (χ4v) is 2.40. The SMILES string of the molecule is N#C/C(=C\[C@@H]1C[C@H]2C=C[C@@H]1C2)C(N)=O. The summed E-state index contributed by atoms with van der Waals surface area (Å²) in [6.45, 7) is 0. The van der Waals surface area contributed by atoms with Crippen LogP contribution < -0.4 is 5.73 Å². The van der Waals surface area contributed by atoms with Crippen LogP contribution in [0.15, 0.2) is 23.8 Å². The maximum atomic E-state index is 10.8. The molecule has 0 saturated heterocycles. The summed E-state index contributed by atoms with van der Waals surface area (Å²) in [6.07, 6.45) is 8.38. The molecule has 2 bridgehead atoms. The first-order chi connectivity index (χ1) is 6.70. The lowest BCUT2D eigenvalue weighted by atomic mass is 9.91. The Hall–Kier alpha value is -1.56. The van der Waals surface area contributed by atoms with E-state index in [2.05, 4.69) is 12.2 Å². The standard InChI is InChI=1S/C11H12N2O/c12-6-10(11(13)14)5-9-4-7-1-2-8(9)3-7/h1-2,5,7-9H,3-4H2,(H2,13,14)/b10-5+/t7-,8+,9-/m0/s1. The molecule has 2 aliphatic carbocycles. The van der Waals surface area contributed by atoms with Gasteiger partial charge < -0.3 is 5.73 Å². The molecule has 1 saturated carbocycles. The van der Waals surface area contributed by atoms with E-state index in [1.165, 1.54) is 6.42 Å². The van der Waals surface area contributed by atoms with Crippen LogP contribution >= 0.6 is 0 Å². The molecular weight excluding hydrogens is 176 g/mol. The molecule has 2 aliphatic rings. The van der Waals surface area contributed by atoms with Gasteiger partial charge in [-0.3, -0.25) is 4.79 Å². The van der Waals surface area contributed by atoms with Crippen molar-refractivity contribution < 1.29 is 4.79 Å². The number of hydrogen-bond acceptors (Lipinski definition) is 2. The van der Waals surface area contributed by atoms with Crippen LogP contribution in [0.5, 0.6) is 0 Å². The number of hydrogen-bond donors (Lipinski definition) is 1. The van der Waals surface area contributed by atoms with Crippen LogP contribution in [-0.4, -0.2) is 5.91 Å². The molecule has 2 N–H and O–H groups in total. The summed E-state index contributed by atoms with van der Waals surface area (Å²) < 4.78 is 0. The van der Waals surface area contributed by atoms with E-state index in [1.54, 1.807) is 6.08 Å². The zero-order valence-corrected chi connectivity index (χ0v) is 7.81. The van der Waals surface area contributed by atoms with E-state index in [1.807, 2.05) is 6.07 Å². The fraction of sp³-hybridized carbons (Fsp3) is 0.455.